The van der Waals surface area contributed by atoms with Gasteiger partial charge in [-0.1, -0.05) is 23.5 Å². The highest BCUT2D eigenvalue weighted by Crippen LogP contribution is 2.27. The number of benzene rings is 1. The van der Waals surface area contributed by atoms with Crippen LogP contribution in [0.2, 0.25) is 0 Å². The summed E-state index contributed by atoms with van der Waals surface area (Å²) in [6.45, 7) is 1.33. The number of hydrogen-bond donors (Lipinski definition) is 0. The zero-order chi connectivity index (χ0) is 18.1. The minimum Gasteiger partial charge on any atom is -0.426 e. The lowest BCUT2D eigenvalue weighted by Gasteiger charge is -2.04. The van der Waals surface area contributed by atoms with Gasteiger partial charge in [-0.3, -0.25) is 14.6 Å². The Labute approximate surface area is 151 Å². The fourth-order valence-corrected chi connectivity index (χ4v) is 3.36. The molecule has 0 fully saturated rings. The lowest BCUT2D eigenvalue weighted by molar-refractivity contribution is -0.131. The Bertz CT molecular complexity index is 1210. The van der Waals surface area contributed by atoms with E-state index in [1.54, 1.807) is 42.7 Å². The van der Waals surface area contributed by atoms with Gasteiger partial charge in [0.15, 0.2) is 5.82 Å². The number of carbonyl (C=O) groups excluding carboxylic acids is 1. The minimum atomic E-state index is -0.433. The smallest absolute Gasteiger partial charge is 0.308 e. The van der Waals surface area contributed by atoms with E-state index in [2.05, 4.69) is 15.1 Å². The van der Waals surface area contributed by atoms with Crippen LogP contribution in [0.25, 0.3) is 22.4 Å². The van der Waals surface area contributed by atoms with Gasteiger partial charge in [-0.25, -0.2) is 0 Å². The summed E-state index contributed by atoms with van der Waals surface area (Å²) in [6, 6.07) is 10.6. The van der Waals surface area contributed by atoms with Gasteiger partial charge in [-0.2, -0.15) is 9.50 Å². The number of pyridine rings is 1. The van der Waals surface area contributed by atoms with Gasteiger partial charge in [0, 0.05) is 19.3 Å². The van der Waals surface area contributed by atoms with E-state index in [1.807, 2.05) is 12.1 Å². The van der Waals surface area contributed by atoms with Crippen molar-refractivity contribution in [3.63, 3.8) is 0 Å². The van der Waals surface area contributed by atoms with Crippen LogP contribution in [0.4, 0.5) is 0 Å². The van der Waals surface area contributed by atoms with Crippen LogP contribution in [-0.4, -0.2) is 25.6 Å². The molecule has 0 saturated heterocycles. The SMILES string of the molecule is CC(=O)Oc1ccccc1-c1nc2sc(=Cc3ccncc3)c(=O)n2n1. The molecular formula is C18H12N4O3S. The minimum absolute atomic E-state index is 0.245. The molecule has 0 amide bonds. The molecule has 26 heavy (non-hydrogen) atoms. The first-order chi connectivity index (χ1) is 12.6. The van der Waals surface area contributed by atoms with E-state index in [9.17, 15) is 9.59 Å². The summed E-state index contributed by atoms with van der Waals surface area (Å²) in [5, 5.41) is 4.29. The number of aromatic nitrogens is 4. The molecule has 0 saturated carbocycles. The summed E-state index contributed by atoms with van der Waals surface area (Å²) < 4.78 is 6.99. The number of thiazole rings is 1. The van der Waals surface area contributed by atoms with E-state index in [0.717, 1.165) is 5.56 Å². The fourth-order valence-electron chi connectivity index (χ4n) is 2.45. The second kappa shape index (κ2) is 6.49. The molecule has 0 bridgehead atoms. The molecule has 3 aromatic heterocycles. The van der Waals surface area contributed by atoms with E-state index in [4.69, 9.17) is 4.74 Å². The van der Waals surface area contributed by atoms with Crippen LogP contribution < -0.4 is 14.8 Å². The molecule has 0 radical (unpaired) electrons. The van der Waals surface area contributed by atoms with Crippen molar-refractivity contribution in [2.45, 2.75) is 6.92 Å². The molecule has 4 aromatic rings. The molecule has 0 unspecified atom stereocenters. The van der Waals surface area contributed by atoms with Crippen molar-refractivity contribution in [3.8, 4) is 17.1 Å². The number of nitrogens with zero attached hydrogens (tertiary/aromatic N) is 4. The molecule has 0 aliphatic carbocycles. The molecule has 0 aliphatic rings. The Balaban J connectivity index is 1.81. The van der Waals surface area contributed by atoms with Crippen LogP contribution in [0.5, 0.6) is 5.75 Å². The fraction of sp³-hybridized carbons (Fsp3) is 0.0556. The largest absolute Gasteiger partial charge is 0.426 e. The summed E-state index contributed by atoms with van der Waals surface area (Å²) in [7, 11) is 0. The van der Waals surface area contributed by atoms with Gasteiger partial charge in [0.2, 0.25) is 4.96 Å². The van der Waals surface area contributed by atoms with Gasteiger partial charge in [-0.05, 0) is 35.9 Å². The lowest BCUT2D eigenvalue weighted by Crippen LogP contribution is -2.23. The molecule has 128 valence electrons. The lowest BCUT2D eigenvalue weighted by atomic mass is 10.2. The number of hydrogen-bond acceptors (Lipinski definition) is 7. The average molecular weight is 364 g/mol. The van der Waals surface area contributed by atoms with E-state index < -0.39 is 5.97 Å². The van der Waals surface area contributed by atoms with E-state index in [-0.39, 0.29) is 5.56 Å². The average Bonchev–Trinajstić information content (AvgIpc) is 3.16. The van der Waals surface area contributed by atoms with E-state index >= 15 is 0 Å². The second-order valence-corrected chi connectivity index (χ2v) is 6.43. The van der Waals surface area contributed by atoms with Crippen molar-refractivity contribution in [2.24, 2.45) is 0 Å². The number of ether oxygens (including phenoxy) is 1. The Morgan fingerprint density at radius 1 is 1.19 bits per heavy atom. The predicted molar refractivity (Wildman–Crippen MR) is 96.9 cm³/mol. The van der Waals surface area contributed by atoms with Gasteiger partial charge in [0.05, 0.1) is 10.1 Å². The highest BCUT2D eigenvalue weighted by Gasteiger charge is 2.16. The topological polar surface area (TPSA) is 86.5 Å². The first-order valence-corrected chi connectivity index (χ1v) is 8.52. The van der Waals surface area contributed by atoms with Crippen molar-refractivity contribution in [3.05, 3.63) is 69.2 Å². The van der Waals surface area contributed by atoms with Crippen LogP contribution in [0, 0.1) is 0 Å². The van der Waals surface area contributed by atoms with Crippen molar-refractivity contribution < 1.29 is 9.53 Å². The third-order valence-electron chi connectivity index (χ3n) is 3.57. The third kappa shape index (κ3) is 2.98. The van der Waals surface area contributed by atoms with Crippen LogP contribution in [0.15, 0.2) is 53.6 Å². The molecule has 0 aliphatic heterocycles. The second-order valence-electron chi connectivity index (χ2n) is 5.42. The van der Waals surface area contributed by atoms with Crippen molar-refractivity contribution in [1.29, 1.82) is 0 Å². The highest BCUT2D eigenvalue weighted by atomic mass is 32.1. The zero-order valence-corrected chi connectivity index (χ0v) is 14.4. The summed E-state index contributed by atoms with van der Waals surface area (Å²) in [5.41, 5.74) is 1.19. The highest BCUT2D eigenvalue weighted by molar-refractivity contribution is 7.15. The first-order valence-electron chi connectivity index (χ1n) is 7.71. The van der Waals surface area contributed by atoms with Crippen LogP contribution in [0.3, 0.4) is 0 Å². The molecule has 0 spiro atoms. The Morgan fingerprint density at radius 3 is 2.69 bits per heavy atom. The van der Waals surface area contributed by atoms with Gasteiger partial charge >= 0.3 is 5.97 Å². The van der Waals surface area contributed by atoms with Crippen LogP contribution in [-0.2, 0) is 4.79 Å². The molecule has 8 heteroatoms. The monoisotopic (exact) mass is 364 g/mol. The van der Waals surface area contributed by atoms with Crippen molar-refractivity contribution in [1.82, 2.24) is 19.6 Å². The maximum Gasteiger partial charge on any atom is 0.308 e. The Kier molecular flexibility index (Phi) is 4.02. The maximum atomic E-state index is 12.6. The first kappa shape index (κ1) is 16.1. The number of esters is 1. The molecular weight excluding hydrogens is 352 g/mol. The van der Waals surface area contributed by atoms with Gasteiger partial charge in [-0.15, -0.1) is 5.10 Å². The molecule has 0 N–H and O–H groups in total. The normalized spacial score (nSPS) is 11.8. The molecule has 4 rings (SSSR count). The molecule has 1 aromatic carbocycles. The van der Waals surface area contributed by atoms with E-state index in [1.165, 1.54) is 22.8 Å². The quantitative estimate of drug-likeness (QED) is 0.406. The number of carbonyl (C=O) groups is 1. The zero-order valence-electron chi connectivity index (χ0n) is 13.6. The maximum absolute atomic E-state index is 12.6. The number of para-hydroxylation sites is 1. The van der Waals surface area contributed by atoms with Gasteiger partial charge in [0.25, 0.3) is 5.56 Å². The summed E-state index contributed by atoms with van der Waals surface area (Å²) in [4.78, 5) is 32.7. The van der Waals surface area contributed by atoms with E-state index in [0.29, 0.717) is 26.6 Å². The molecule has 7 nitrogen and oxygen atoms in total. The summed E-state index contributed by atoms with van der Waals surface area (Å²) >= 11 is 1.25. The summed E-state index contributed by atoms with van der Waals surface area (Å²) in [5.74, 6) is 0.257. The van der Waals surface area contributed by atoms with Crippen LogP contribution in [0.1, 0.15) is 12.5 Å². The van der Waals surface area contributed by atoms with Crippen molar-refractivity contribution in [2.75, 3.05) is 0 Å². The molecule has 0 atom stereocenters. The Morgan fingerprint density at radius 2 is 1.96 bits per heavy atom. The third-order valence-corrected chi connectivity index (χ3v) is 4.53. The van der Waals surface area contributed by atoms with Crippen molar-refractivity contribution >= 4 is 28.3 Å². The standard InChI is InChI=1S/C18H12N4O3S/c1-11(23)25-14-5-3-2-4-13(14)16-20-18-22(21-16)17(24)15(26-18)10-12-6-8-19-9-7-12/h2-10H,1H3. The van der Waals surface area contributed by atoms with Crippen LogP contribution >= 0.6 is 11.3 Å². The van der Waals surface area contributed by atoms with Gasteiger partial charge in [0.1, 0.15) is 5.75 Å². The van der Waals surface area contributed by atoms with Gasteiger partial charge < -0.3 is 4.74 Å². The summed E-state index contributed by atoms with van der Waals surface area (Å²) in [6.07, 6.45) is 5.10. The number of rotatable bonds is 3. The Hall–Kier alpha value is -3.39. The number of fused-ring (bicyclic) bond motifs is 1. The molecule has 3 heterocycles. The predicted octanol–water partition coefficient (Wildman–Crippen LogP) is 1.69.